The molecule has 12 heavy (non-hydrogen) atoms. The molecule has 0 saturated heterocycles. The van der Waals surface area contributed by atoms with E-state index < -0.39 is 0 Å². The molecule has 0 saturated carbocycles. The smallest absolute Gasteiger partial charge is 0.0844 e. The fourth-order valence-electron chi connectivity index (χ4n) is 1.29. The van der Waals surface area contributed by atoms with Crippen molar-refractivity contribution in [2.24, 2.45) is 0 Å². The van der Waals surface area contributed by atoms with E-state index in [1.165, 1.54) is 10.9 Å². The van der Waals surface area contributed by atoms with Gasteiger partial charge in [-0.15, -0.1) is 0 Å². The number of hydrogen-bond donors (Lipinski definition) is 0. The third-order valence-electron chi connectivity index (χ3n) is 1.80. The maximum Gasteiger partial charge on any atom is 0.0844 e. The van der Waals surface area contributed by atoms with Crippen LogP contribution in [0.15, 0.2) is 34.9 Å². The molecule has 0 fully saturated rings. The molecule has 0 N–H and O–H groups in total. The van der Waals surface area contributed by atoms with Crippen LogP contribution in [0, 0.1) is 6.92 Å². The van der Waals surface area contributed by atoms with Crippen LogP contribution >= 0.6 is 15.9 Å². The zero-order valence-corrected chi connectivity index (χ0v) is 8.30. The van der Waals surface area contributed by atoms with Gasteiger partial charge >= 0.3 is 0 Å². The molecule has 0 aliphatic rings. The Hall–Kier alpha value is -0.890. The highest BCUT2D eigenvalue weighted by molar-refractivity contribution is 9.10. The highest BCUT2D eigenvalue weighted by Gasteiger charge is 1.98. The first-order chi connectivity index (χ1) is 5.77. The van der Waals surface area contributed by atoms with Crippen molar-refractivity contribution in [1.82, 2.24) is 4.98 Å². The van der Waals surface area contributed by atoms with Gasteiger partial charge in [-0.25, -0.2) is 0 Å². The summed E-state index contributed by atoms with van der Waals surface area (Å²) < 4.78 is 1.07. The van der Waals surface area contributed by atoms with Gasteiger partial charge in [-0.2, -0.15) is 0 Å². The first-order valence-corrected chi connectivity index (χ1v) is 4.57. The predicted molar refractivity (Wildman–Crippen MR) is 54.2 cm³/mol. The Balaban J connectivity index is 2.89. The normalized spacial score (nSPS) is 10.5. The summed E-state index contributed by atoms with van der Waals surface area (Å²) in [5.41, 5.74) is 2.28. The summed E-state index contributed by atoms with van der Waals surface area (Å²) in [7, 11) is 0. The van der Waals surface area contributed by atoms with Crippen molar-refractivity contribution in [1.29, 1.82) is 0 Å². The van der Waals surface area contributed by atoms with Crippen molar-refractivity contribution in [3.05, 3.63) is 40.5 Å². The number of aryl methyl sites for hydroxylation is 1. The van der Waals surface area contributed by atoms with E-state index in [2.05, 4.69) is 46.0 Å². The average Bonchev–Trinajstić information content (AvgIpc) is 2.04. The highest BCUT2D eigenvalue weighted by atomic mass is 79.9. The summed E-state index contributed by atoms with van der Waals surface area (Å²) in [6, 6.07) is 8.23. The Kier molecular flexibility index (Phi) is 1.85. The van der Waals surface area contributed by atoms with Crippen molar-refractivity contribution < 1.29 is 0 Å². The number of fused-ring (bicyclic) bond motifs is 1. The minimum absolute atomic E-state index is 1.03. The fourth-order valence-corrected chi connectivity index (χ4v) is 1.98. The van der Waals surface area contributed by atoms with E-state index in [1.807, 2.05) is 12.3 Å². The van der Waals surface area contributed by atoms with Crippen molar-refractivity contribution in [3.8, 4) is 0 Å². The fraction of sp³-hybridized carbons (Fsp3) is 0.100. The zero-order chi connectivity index (χ0) is 8.55. The maximum atomic E-state index is 4.27. The minimum Gasteiger partial charge on any atom is -0.255 e. The van der Waals surface area contributed by atoms with E-state index in [1.54, 1.807) is 0 Å². The monoisotopic (exact) mass is 221 g/mol. The van der Waals surface area contributed by atoms with Crippen LogP contribution in [0.1, 0.15) is 5.56 Å². The first kappa shape index (κ1) is 7.74. The third kappa shape index (κ3) is 1.23. The second-order valence-electron chi connectivity index (χ2n) is 2.82. The van der Waals surface area contributed by atoms with Gasteiger partial charge < -0.3 is 0 Å². The molecule has 0 aliphatic heterocycles. The molecule has 0 bridgehead atoms. The van der Waals surface area contributed by atoms with Crippen molar-refractivity contribution in [2.45, 2.75) is 6.92 Å². The topological polar surface area (TPSA) is 12.9 Å². The molecule has 0 spiro atoms. The van der Waals surface area contributed by atoms with Crippen LogP contribution in [-0.4, -0.2) is 4.98 Å². The van der Waals surface area contributed by atoms with E-state index in [9.17, 15) is 0 Å². The molecule has 2 aromatic rings. The molecule has 1 aromatic carbocycles. The van der Waals surface area contributed by atoms with Gasteiger partial charge in [0.2, 0.25) is 0 Å². The average molecular weight is 222 g/mol. The summed E-state index contributed by atoms with van der Waals surface area (Å²) in [6.07, 6.45) is 1.81. The van der Waals surface area contributed by atoms with Crippen LogP contribution in [0.2, 0.25) is 0 Å². The number of rotatable bonds is 0. The summed E-state index contributed by atoms with van der Waals surface area (Å²) in [5, 5.41) is 1.18. The Morgan fingerprint density at radius 1 is 1.33 bits per heavy atom. The van der Waals surface area contributed by atoms with E-state index in [4.69, 9.17) is 0 Å². The van der Waals surface area contributed by atoms with E-state index in [-0.39, 0.29) is 0 Å². The van der Waals surface area contributed by atoms with Crippen molar-refractivity contribution in [2.75, 3.05) is 0 Å². The molecular weight excluding hydrogens is 214 g/mol. The van der Waals surface area contributed by atoms with Gasteiger partial charge in [-0.3, -0.25) is 4.98 Å². The standard InChI is InChI=1S/C10H8BrN/c1-7-5-8-3-2-4-12-10(8)9(11)6-7/h2-6H,1H3. The summed E-state index contributed by atoms with van der Waals surface area (Å²) >= 11 is 3.49. The Morgan fingerprint density at radius 3 is 3.00 bits per heavy atom. The third-order valence-corrected chi connectivity index (χ3v) is 2.41. The van der Waals surface area contributed by atoms with Gasteiger partial charge in [0.25, 0.3) is 0 Å². The van der Waals surface area contributed by atoms with Crippen LogP contribution in [0.4, 0.5) is 0 Å². The molecule has 2 heteroatoms. The SMILES string of the molecule is Cc1cc(Br)c2ncccc2c1. The molecule has 2 rings (SSSR count). The van der Waals surface area contributed by atoms with Gasteiger partial charge in [-0.1, -0.05) is 6.07 Å². The molecule has 0 unspecified atom stereocenters. The highest BCUT2D eigenvalue weighted by Crippen LogP contribution is 2.22. The molecule has 1 nitrogen and oxygen atoms in total. The Labute approximate surface area is 79.6 Å². The molecule has 0 atom stereocenters. The zero-order valence-electron chi connectivity index (χ0n) is 6.71. The number of pyridine rings is 1. The quantitative estimate of drug-likeness (QED) is 0.666. The first-order valence-electron chi connectivity index (χ1n) is 3.78. The van der Waals surface area contributed by atoms with Crippen LogP contribution < -0.4 is 0 Å². The lowest BCUT2D eigenvalue weighted by atomic mass is 10.1. The predicted octanol–water partition coefficient (Wildman–Crippen LogP) is 3.31. The molecule has 0 aliphatic carbocycles. The van der Waals surface area contributed by atoms with Gasteiger partial charge in [0.1, 0.15) is 0 Å². The second kappa shape index (κ2) is 2.87. The van der Waals surface area contributed by atoms with Gasteiger partial charge in [0, 0.05) is 16.1 Å². The lowest BCUT2D eigenvalue weighted by Gasteiger charge is -2.00. The lowest BCUT2D eigenvalue weighted by Crippen LogP contribution is -1.80. The van der Waals surface area contributed by atoms with Crippen LogP contribution in [0.25, 0.3) is 10.9 Å². The minimum atomic E-state index is 1.03. The Morgan fingerprint density at radius 2 is 2.17 bits per heavy atom. The van der Waals surface area contributed by atoms with Crippen LogP contribution in [0.5, 0.6) is 0 Å². The second-order valence-corrected chi connectivity index (χ2v) is 3.68. The largest absolute Gasteiger partial charge is 0.255 e. The number of nitrogens with zero attached hydrogens (tertiary/aromatic N) is 1. The van der Waals surface area contributed by atoms with Crippen LogP contribution in [-0.2, 0) is 0 Å². The van der Waals surface area contributed by atoms with Gasteiger partial charge in [0.15, 0.2) is 0 Å². The molecule has 1 aromatic heterocycles. The molecule has 60 valence electrons. The number of benzene rings is 1. The summed E-state index contributed by atoms with van der Waals surface area (Å²) in [4.78, 5) is 4.27. The van der Waals surface area contributed by atoms with Gasteiger partial charge in [0.05, 0.1) is 5.52 Å². The number of halogens is 1. The maximum absolute atomic E-state index is 4.27. The lowest BCUT2D eigenvalue weighted by molar-refractivity contribution is 1.38. The van der Waals surface area contributed by atoms with E-state index in [0.29, 0.717) is 0 Å². The molecule has 1 heterocycles. The summed E-state index contributed by atoms with van der Waals surface area (Å²) in [6.45, 7) is 2.08. The molecular formula is C10H8BrN. The Bertz CT molecular complexity index is 423. The van der Waals surface area contributed by atoms with Crippen LogP contribution in [0.3, 0.4) is 0 Å². The molecule has 0 radical (unpaired) electrons. The van der Waals surface area contributed by atoms with E-state index in [0.717, 1.165) is 9.99 Å². The van der Waals surface area contributed by atoms with E-state index >= 15 is 0 Å². The number of hydrogen-bond acceptors (Lipinski definition) is 1. The van der Waals surface area contributed by atoms with Gasteiger partial charge in [-0.05, 0) is 46.6 Å². The van der Waals surface area contributed by atoms with Crippen molar-refractivity contribution >= 4 is 26.8 Å². The summed E-state index contributed by atoms with van der Waals surface area (Å²) in [5.74, 6) is 0. The van der Waals surface area contributed by atoms with Crippen molar-refractivity contribution in [3.63, 3.8) is 0 Å². The molecule has 0 amide bonds. The number of aromatic nitrogens is 1.